The van der Waals surface area contributed by atoms with Gasteiger partial charge in [-0.3, -0.25) is 4.79 Å². The van der Waals surface area contributed by atoms with E-state index in [2.05, 4.69) is 10.3 Å². The highest BCUT2D eigenvalue weighted by molar-refractivity contribution is 5.94. The fraction of sp³-hybridized carbons (Fsp3) is 0.278. The van der Waals surface area contributed by atoms with Crippen LogP contribution in [0.1, 0.15) is 16.8 Å². The maximum absolute atomic E-state index is 12.5. The van der Waals surface area contributed by atoms with Crippen LogP contribution >= 0.6 is 0 Å². The summed E-state index contributed by atoms with van der Waals surface area (Å²) in [5.41, 5.74) is 2.74. The molecule has 2 aromatic carbocycles. The highest BCUT2D eigenvalue weighted by Gasteiger charge is 2.27. The Bertz CT molecular complexity index is 827. The van der Waals surface area contributed by atoms with Gasteiger partial charge in [0.15, 0.2) is 0 Å². The Kier molecular flexibility index (Phi) is 3.54. The second-order valence-electron chi connectivity index (χ2n) is 6.03. The number of nitrogens with zero attached hydrogens (tertiary/aromatic N) is 4. The standard InChI is InChI=1S/C18H18N4O/c23-18(15-6-2-1-3-7-15)21-11-10-14(12-21)13-22-17-9-5-4-8-16(17)19-20-22/h1-9,14H,10-13H2/t14-/m0/s1. The van der Waals surface area contributed by atoms with Gasteiger partial charge in [0.2, 0.25) is 0 Å². The number of para-hydroxylation sites is 1. The van der Waals surface area contributed by atoms with Gasteiger partial charge < -0.3 is 4.90 Å². The number of benzene rings is 2. The van der Waals surface area contributed by atoms with Crippen molar-refractivity contribution in [3.8, 4) is 0 Å². The normalized spacial score (nSPS) is 17.7. The van der Waals surface area contributed by atoms with E-state index in [0.29, 0.717) is 5.92 Å². The zero-order valence-electron chi connectivity index (χ0n) is 12.8. The Morgan fingerprint density at radius 3 is 2.74 bits per heavy atom. The lowest BCUT2D eigenvalue weighted by Crippen LogP contribution is -2.29. The van der Waals surface area contributed by atoms with Crippen LogP contribution in [0.4, 0.5) is 0 Å². The average molecular weight is 306 g/mol. The van der Waals surface area contributed by atoms with Crippen molar-refractivity contribution in [3.63, 3.8) is 0 Å². The third kappa shape index (κ3) is 2.70. The minimum Gasteiger partial charge on any atom is -0.338 e. The summed E-state index contributed by atoms with van der Waals surface area (Å²) >= 11 is 0. The van der Waals surface area contributed by atoms with Crippen LogP contribution < -0.4 is 0 Å². The fourth-order valence-electron chi connectivity index (χ4n) is 3.23. The molecule has 1 amide bonds. The van der Waals surface area contributed by atoms with Gasteiger partial charge in [-0.25, -0.2) is 4.68 Å². The molecule has 0 aliphatic carbocycles. The van der Waals surface area contributed by atoms with Crippen LogP contribution in [0.5, 0.6) is 0 Å². The fourth-order valence-corrected chi connectivity index (χ4v) is 3.23. The van der Waals surface area contributed by atoms with Crippen molar-refractivity contribution in [2.24, 2.45) is 5.92 Å². The monoisotopic (exact) mass is 306 g/mol. The van der Waals surface area contributed by atoms with Gasteiger partial charge in [0.1, 0.15) is 5.52 Å². The molecule has 0 N–H and O–H groups in total. The number of likely N-dealkylation sites (tertiary alicyclic amines) is 1. The lowest BCUT2D eigenvalue weighted by molar-refractivity contribution is 0.0786. The number of aromatic nitrogens is 3. The van der Waals surface area contributed by atoms with E-state index < -0.39 is 0 Å². The predicted molar refractivity (Wildman–Crippen MR) is 88.0 cm³/mol. The van der Waals surface area contributed by atoms with Crippen LogP contribution in [0.3, 0.4) is 0 Å². The highest BCUT2D eigenvalue weighted by atomic mass is 16.2. The van der Waals surface area contributed by atoms with Crippen LogP contribution in [0.25, 0.3) is 11.0 Å². The zero-order valence-corrected chi connectivity index (χ0v) is 12.8. The van der Waals surface area contributed by atoms with E-state index in [0.717, 1.165) is 42.7 Å². The summed E-state index contributed by atoms with van der Waals surface area (Å²) in [7, 11) is 0. The molecule has 2 heterocycles. The minimum atomic E-state index is 0.122. The van der Waals surface area contributed by atoms with E-state index in [-0.39, 0.29) is 5.91 Å². The van der Waals surface area contributed by atoms with Gasteiger partial charge in [0.25, 0.3) is 5.91 Å². The predicted octanol–water partition coefficient (Wildman–Crippen LogP) is 2.59. The summed E-state index contributed by atoms with van der Waals surface area (Å²) in [6.45, 7) is 2.39. The van der Waals surface area contributed by atoms with Crippen LogP contribution in [0, 0.1) is 5.92 Å². The third-order valence-electron chi connectivity index (χ3n) is 4.45. The molecule has 4 rings (SSSR count). The molecule has 0 spiro atoms. The second-order valence-corrected chi connectivity index (χ2v) is 6.03. The maximum Gasteiger partial charge on any atom is 0.253 e. The summed E-state index contributed by atoms with van der Waals surface area (Å²) in [6, 6.07) is 17.5. The van der Waals surface area contributed by atoms with Crippen molar-refractivity contribution in [1.82, 2.24) is 19.9 Å². The Balaban J connectivity index is 1.45. The van der Waals surface area contributed by atoms with Gasteiger partial charge in [0.05, 0.1) is 5.52 Å². The first-order chi connectivity index (χ1) is 11.3. The highest BCUT2D eigenvalue weighted by Crippen LogP contribution is 2.21. The SMILES string of the molecule is O=C(c1ccccc1)N1CC[C@H](Cn2nnc3ccccc32)C1. The van der Waals surface area contributed by atoms with Crippen molar-refractivity contribution >= 4 is 16.9 Å². The van der Waals surface area contributed by atoms with Crippen LogP contribution in [0.2, 0.25) is 0 Å². The quantitative estimate of drug-likeness (QED) is 0.747. The number of hydrogen-bond acceptors (Lipinski definition) is 3. The second kappa shape index (κ2) is 5.83. The zero-order chi connectivity index (χ0) is 15.6. The molecule has 1 fully saturated rings. The Morgan fingerprint density at radius 2 is 1.87 bits per heavy atom. The molecule has 0 saturated carbocycles. The summed E-state index contributed by atoms with van der Waals surface area (Å²) in [5.74, 6) is 0.546. The van der Waals surface area contributed by atoms with E-state index in [1.165, 1.54) is 0 Å². The number of hydrogen-bond donors (Lipinski definition) is 0. The van der Waals surface area contributed by atoms with E-state index in [9.17, 15) is 4.79 Å². The summed E-state index contributed by atoms with van der Waals surface area (Å²) in [4.78, 5) is 14.4. The van der Waals surface area contributed by atoms with Crippen LogP contribution in [-0.4, -0.2) is 38.9 Å². The molecule has 3 aromatic rings. The molecule has 116 valence electrons. The molecule has 5 heteroatoms. The molecular formula is C18H18N4O. The number of fused-ring (bicyclic) bond motifs is 1. The number of carbonyl (C=O) groups is 1. The van der Waals surface area contributed by atoms with Crippen molar-refractivity contribution in [1.29, 1.82) is 0 Å². The van der Waals surface area contributed by atoms with Gasteiger partial charge in [-0.15, -0.1) is 5.10 Å². The summed E-state index contributed by atoms with van der Waals surface area (Å²) < 4.78 is 1.95. The average Bonchev–Trinajstić information content (AvgIpc) is 3.23. The number of amides is 1. The molecule has 1 aliphatic rings. The molecule has 23 heavy (non-hydrogen) atoms. The molecule has 1 aliphatic heterocycles. The molecular weight excluding hydrogens is 288 g/mol. The number of carbonyl (C=O) groups excluding carboxylic acids is 1. The van der Waals surface area contributed by atoms with Gasteiger partial charge in [-0.2, -0.15) is 0 Å². The van der Waals surface area contributed by atoms with E-state index >= 15 is 0 Å². The lowest BCUT2D eigenvalue weighted by atomic mass is 10.1. The Hall–Kier alpha value is -2.69. The summed E-state index contributed by atoms with van der Waals surface area (Å²) in [5, 5.41) is 8.44. The van der Waals surface area contributed by atoms with Crippen molar-refractivity contribution in [2.45, 2.75) is 13.0 Å². The third-order valence-corrected chi connectivity index (χ3v) is 4.45. The smallest absolute Gasteiger partial charge is 0.253 e. The van der Waals surface area contributed by atoms with Crippen molar-refractivity contribution < 1.29 is 4.79 Å². The topological polar surface area (TPSA) is 51.0 Å². The van der Waals surface area contributed by atoms with E-state index in [4.69, 9.17) is 0 Å². The van der Waals surface area contributed by atoms with Crippen LogP contribution in [-0.2, 0) is 6.54 Å². The molecule has 0 unspecified atom stereocenters. The van der Waals surface area contributed by atoms with Gasteiger partial charge in [-0.1, -0.05) is 35.5 Å². The first-order valence-electron chi connectivity index (χ1n) is 7.94. The maximum atomic E-state index is 12.5. The Labute approximate surface area is 134 Å². The number of rotatable bonds is 3. The summed E-state index contributed by atoms with van der Waals surface area (Å²) in [6.07, 6.45) is 1.01. The van der Waals surface area contributed by atoms with Crippen LogP contribution in [0.15, 0.2) is 54.6 Å². The Morgan fingerprint density at radius 1 is 1.09 bits per heavy atom. The minimum absolute atomic E-state index is 0.122. The van der Waals surface area contributed by atoms with Gasteiger partial charge >= 0.3 is 0 Å². The molecule has 1 atom stereocenters. The van der Waals surface area contributed by atoms with Crippen molar-refractivity contribution in [3.05, 3.63) is 60.2 Å². The largest absolute Gasteiger partial charge is 0.338 e. The van der Waals surface area contributed by atoms with Crippen molar-refractivity contribution in [2.75, 3.05) is 13.1 Å². The molecule has 5 nitrogen and oxygen atoms in total. The lowest BCUT2D eigenvalue weighted by Gasteiger charge is -2.16. The van der Waals surface area contributed by atoms with Gasteiger partial charge in [0, 0.05) is 25.2 Å². The molecule has 0 bridgehead atoms. The molecule has 1 aromatic heterocycles. The van der Waals surface area contributed by atoms with Gasteiger partial charge in [-0.05, 0) is 36.6 Å². The first kappa shape index (κ1) is 13.9. The van der Waals surface area contributed by atoms with E-state index in [1.54, 1.807) is 0 Å². The van der Waals surface area contributed by atoms with E-state index in [1.807, 2.05) is 64.2 Å². The molecule has 1 saturated heterocycles. The first-order valence-corrected chi connectivity index (χ1v) is 7.94. The molecule has 0 radical (unpaired) electrons.